The fraction of sp³-hybridized carbons (Fsp3) is 0.550. The molecule has 1 fully saturated rings. The zero-order chi connectivity index (χ0) is 19.6. The summed E-state index contributed by atoms with van der Waals surface area (Å²) >= 11 is 0. The molecule has 8 nitrogen and oxygen atoms in total. The van der Waals surface area contributed by atoms with Gasteiger partial charge in [0.1, 0.15) is 12.4 Å². The Morgan fingerprint density at radius 2 is 1.83 bits per heavy atom. The summed E-state index contributed by atoms with van der Waals surface area (Å²) in [5.41, 5.74) is 1.31. The van der Waals surface area contributed by atoms with E-state index in [-0.39, 0.29) is 24.0 Å². The Hall–Kier alpha value is -1.72. The van der Waals surface area contributed by atoms with Crippen LogP contribution in [0.4, 0.5) is 0 Å². The van der Waals surface area contributed by atoms with Crippen LogP contribution >= 0.6 is 24.0 Å². The average Bonchev–Trinajstić information content (AvgIpc) is 3.05. The molecule has 1 aliphatic rings. The van der Waals surface area contributed by atoms with Gasteiger partial charge in [0, 0.05) is 39.8 Å². The lowest BCUT2D eigenvalue weighted by Gasteiger charge is -2.26. The second-order valence-electron chi connectivity index (χ2n) is 6.93. The predicted molar refractivity (Wildman–Crippen MR) is 126 cm³/mol. The van der Waals surface area contributed by atoms with Gasteiger partial charge in [0.05, 0.1) is 13.2 Å². The van der Waals surface area contributed by atoms with Crippen LogP contribution in [-0.4, -0.2) is 71.6 Å². The van der Waals surface area contributed by atoms with Crippen molar-refractivity contribution in [3.8, 4) is 0 Å². The van der Waals surface area contributed by atoms with Gasteiger partial charge >= 0.3 is 0 Å². The number of aliphatic imine (C=N–C) groups is 1. The Balaban J connectivity index is 0.00000300. The van der Waals surface area contributed by atoms with Gasteiger partial charge in [0.2, 0.25) is 0 Å². The quantitative estimate of drug-likeness (QED) is 0.315. The highest BCUT2D eigenvalue weighted by molar-refractivity contribution is 14.0. The molecule has 0 radical (unpaired) electrons. The van der Waals surface area contributed by atoms with Crippen molar-refractivity contribution in [1.29, 1.82) is 0 Å². The fourth-order valence-electron chi connectivity index (χ4n) is 3.04. The van der Waals surface area contributed by atoms with Gasteiger partial charge in [-0.1, -0.05) is 30.3 Å². The van der Waals surface area contributed by atoms with Crippen molar-refractivity contribution in [2.45, 2.75) is 19.9 Å². The molecule has 1 aliphatic heterocycles. The topological polar surface area (TPSA) is 79.6 Å². The molecule has 1 aromatic heterocycles. The van der Waals surface area contributed by atoms with Gasteiger partial charge in [-0.25, -0.2) is 4.99 Å². The maximum atomic E-state index is 5.41. The number of benzene rings is 1. The van der Waals surface area contributed by atoms with E-state index in [1.54, 1.807) is 0 Å². The Morgan fingerprint density at radius 1 is 1.10 bits per heavy atom. The summed E-state index contributed by atoms with van der Waals surface area (Å²) in [5, 5.41) is 15.2. The molecule has 0 aliphatic carbocycles. The van der Waals surface area contributed by atoms with Crippen LogP contribution in [-0.2, 0) is 24.8 Å². The first-order valence-electron chi connectivity index (χ1n) is 9.93. The molecule has 29 heavy (non-hydrogen) atoms. The molecule has 160 valence electrons. The van der Waals surface area contributed by atoms with Crippen LogP contribution in [0.15, 0.2) is 35.3 Å². The summed E-state index contributed by atoms with van der Waals surface area (Å²) in [5.74, 6) is 2.56. The van der Waals surface area contributed by atoms with Gasteiger partial charge in [-0.3, -0.25) is 4.90 Å². The number of guanidine groups is 1. The number of hydrogen-bond donors (Lipinski definition) is 2. The summed E-state index contributed by atoms with van der Waals surface area (Å²) in [4.78, 5) is 7.12. The first-order valence-corrected chi connectivity index (χ1v) is 9.93. The van der Waals surface area contributed by atoms with Gasteiger partial charge in [0.25, 0.3) is 0 Å². The van der Waals surface area contributed by atoms with Crippen LogP contribution in [0.5, 0.6) is 0 Å². The van der Waals surface area contributed by atoms with Crippen molar-refractivity contribution in [2.75, 3.05) is 45.9 Å². The number of nitrogens with one attached hydrogen (secondary N) is 2. The molecule has 9 heteroatoms. The minimum absolute atomic E-state index is 0. The Morgan fingerprint density at radius 3 is 2.52 bits per heavy atom. The molecule has 0 atom stereocenters. The lowest BCUT2D eigenvalue weighted by atomic mass is 10.1. The van der Waals surface area contributed by atoms with Crippen LogP contribution in [0.2, 0.25) is 0 Å². The molecule has 0 bridgehead atoms. The van der Waals surface area contributed by atoms with E-state index in [0.717, 1.165) is 70.0 Å². The Bertz CT molecular complexity index is 745. The number of ether oxygens (including phenoxy) is 1. The first kappa shape index (κ1) is 23.6. The van der Waals surface area contributed by atoms with Crippen molar-refractivity contribution in [2.24, 2.45) is 12.0 Å². The number of aromatic nitrogens is 3. The number of hydrogen-bond acceptors (Lipinski definition) is 5. The molecular formula is C20H32IN7O. The Kier molecular flexibility index (Phi) is 10.4. The van der Waals surface area contributed by atoms with Gasteiger partial charge < -0.3 is 19.9 Å². The maximum Gasteiger partial charge on any atom is 0.191 e. The van der Waals surface area contributed by atoms with E-state index < -0.39 is 0 Å². The van der Waals surface area contributed by atoms with Crippen molar-refractivity contribution < 1.29 is 4.74 Å². The van der Waals surface area contributed by atoms with Crippen LogP contribution < -0.4 is 10.6 Å². The summed E-state index contributed by atoms with van der Waals surface area (Å²) in [6.07, 6.45) is 0.952. The lowest BCUT2D eigenvalue weighted by Crippen LogP contribution is -2.44. The van der Waals surface area contributed by atoms with Gasteiger partial charge in [-0.2, -0.15) is 0 Å². The molecule has 3 rings (SSSR count). The third-order valence-electron chi connectivity index (χ3n) is 4.93. The maximum absolute atomic E-state index is 5.41. The third kappa shape index (κ3) is 7.90. The normalized spacial score (nSPS) is 15.0. The molecular weight excluding hydrogens is 481 g/mol. The number of rotatable bonds is 8. The van der Waals surface area contributed by atoms with E-state index in [2.05, 4.69) is 50.0 Å². The largest absolute Gasteiger partial charge is 0.379 e. The molecule has 0 saturated carbocycles. The van der Waals surface area contributed by atoms with E-state index >= 15 is 0 Å². The van der Waals surface area contributed by atoms with E-state index in [9.17, 15) is 0 Å². The van der Waals surface area contributed by atoms with Crippen molar-refractivity contribution in [3.63, 3.8) is 0 Å². The van der Waals surface area contributed by atoms with Gasteiger partial charge in [-0.15, -0.1) is 34.2 Å². The summed E-state index contributed by atoms with van der Waals surface area (Å²) in [6, 6.07) is 10.5. The number of morpholine rings is 1. The monoisotopic (exact) mass is 513 g/mol. The number of aryl methyl sites for hydroxylation is 1. The average molecular weight is 513 g/mol. The SMILES string of the molecule is Cc1nnc(CN=C(NCCc2ccccc2)NCCN2CCOCC2)n1C.I. The van der Waals surface area contributed by atoms with E-state index in [4.69, 9.17) is 9.73 Å². The Labute approximate surface area is 190 Å². The standard InChI is InChI=1S/C20H31N7O.HI/c1-17-24-25-19(26(17)2)16-23-20(21-9-8-18-6-4-3-5-7-18)22-10-11-27-12-14-28-15-13-27;/h3-7H,8-16H2,1-2H3,(H2,21,22,23);1H. The van der Waals surface area contributed by atoms with E-state index in [1.807, 2.05) is 24.6 Å². The molecule has 2 aromatic rings. The molecule has 0 unspecified atom stereocenters. The van der Waals surface area contributed by atoms with Crippen LogP contribution in [0, 0.1) is 6.92 Å². The van der Waals surface area contributed by atoms with Crippen molar-refractivity contribution in [3.05, 3.63) is 47.5 Å². The number of halogens is 1. The van der Waals surface area contributed by atoms with Crippen molar-refractivity contribution >= 4 is 29.9 Å². The fourth-order valence-corrected chi connectivity index (χ4v) is 3.04. The van der Waals surface area contributed by atoms with Crippen LogP contribution in [0.1, 0.15) is 17.2 Å². The molecule has 0 amide bonds. The molecule has 1 saturated heterocycles. The first-order chi connectivity index (χ1) is 13.7. The zero-order valence-electron chi connectivity index (χ0n) is 17.3. The smallest absolute Gasteiger partial charge is 0.191 e. The molecule has 2 N–H and O–H groups in total. The van der Waals surface area contributed by atoms with Crippen LogP contribution in [0.25, 0.3) is 0 Å². The second-order valence-corrected chi connectivity index (χ2v) is 6.93. The highest BCUT2D eigenvalue weighted by atomic mass is 127. The molecule has 1 aromatic carbocycles. The summed E-state index contributed by atoms with van der Waals surface area (Å²) < 4.78 is 7.38. The molecule has 2 heterocycles. The minimum Gasteiger partial charge on any atom is -0.379 e. The predicted octanol–water partition coefficient (Wildman–Crippen LogP) is 1.35. The van der Waals surface area contributed by atoms with Crippen LogP contribution in [0.3, 0.4) is 0 Å². The minimum atomic E-state index is 0. The van der Waals surface area contributed by atoms with Gasteiger partial charge in [-0.05, 0) is 18.9 Å². The zero-order valence-corrected chi connectivity index (χ0v) is 19.6. The highest BCUT2D eigenvalue weighted by Gasteiger charge is 2.10. The second kappa shape index (κ2) is 12.8. The van der Waals surface area contributed by atoms with Crippen molar-refractivity contribution in [1.82, 2.24) is 30.3 Å². The lowest BCUT2D eigenvalue weighted by molar-refractivity contribution is 0.0389. The van der Waals surface area contributed by atoms with E-state index in [1.165, 1.54) is 5.56 Å². The van der Waals surface area contributed by atoms with Gasteiger partial charge in [0.15, 0.2) is 11.8 Å². The number of nitrogens with zero attached hydrogens (tertiary/aromatic N) is 5. The van der Waals surface area contributed by atoms with E-state index in [0.29, 0.717) is 6.54 Å². The molecule has 0 spiro atoms. The summed E-state index contributed by atoms with van der Waals surface area (Å²) in [7, 11) is 1.97. The third-order valence-corrected chi connectivity index (χ3v) is 4.93. The summed E-state index contributed by atoms with van der Waals surface area (Å²) in [6.45, 7) is 8.71. The highest BCUT2D eigenvalue weighted by Crippen LogP contribution is 2.00.